The molecule has 1 saturated heterocycles. The van der Waals surface area contributed by atoms with E-state index in [1.54, 1.807) is 0 Å². The molecule has 2 nitrogen and oxygen atoms in total. The van der Waals surface area contributed by atoms with E-state index in [1.807, 2.05) is 0 Å². The largest absolute Gasteiger partial charge is 0.379 e. The van der Waals surface area contributed by atoms with Crippen molar-refractivity contribution in [2.45, 2.75) is 45.6 Å². The van der Waals surface area contributed by atoms with E-state index in [2.05, 4.69) is 13.8 Å². The molecule has 2 heteroatoms. The molecule has 0 aromatic rings. The first-order chi connectivity index (χ1) is 6.33. The second kappa shape index (κ2) is 6.39. The summed E-state index contributed by atoms with van der Waals surface area (Å²) >= 11 is 0. The maximum atomic E-state index is 5.45. The maximum Gasteiger partial charge on any atom is 0.104 e. The van der Waals surface area contributed by atoms with E-state index in [9.17, 15) is 0 Å². The first kappa shape index (κ1) is 11.0. The molecule has 1 aliphatic rings. The molecule has 0 radical (unpaired) electrons. The minimum atomic E-state index is 0.426. The number of ether oxygens (including phenoxy) is 2. The van der Waals surface area contributed by atoms with Gasteiger partial charge in [-0.1, -0.05) is 33.1 Å². The molecule has 0 bridgehead atoms. The SMILES string of the molecule is CCC(C)CCCCOCC1CO1. The molecule has 0 spiro atoms. The summed E-state index contributed by atoms with van der Waals surface area (Å²) in [5, 5.41) is 0. The van der Waals surface area contributed by atoms with Crippen LogP contribution in [-0.4, -0.2) is 25.9 Å². The highest BCUT2D eigenvalue weighted by Gasteiger charge is 2.21. The fourth-order valence-corrected chi connectivity index (χ4v) is 1.28. The summed E-state index contributed by atoms with van der Waals surface area (Å²) in [6.07, 6.45) is 5.59. The summed E-state index contributed by atoms with van der Waals surface area (Å²) in [5.74, 6) is 0.881. The molecule has 1 aliphatic heterocycles. The van der Waals surface area contributed by atoms with Crippen molar-refractivity contribution in [3.8, 4) is 0 Å². The smallest absolute Gasteiger partial charge is 0.104 e. The third-order valence-electron chi connectivity index (χ3n) is 2.64. The van der Waals surface area contributed by atoms with Gasteiger partial charge in [0.2, 0.25) is 0 Å². The first-order valence-corrected chi connectivity index (χ1v) is 5.52. The lowest BCUT2D eigenvalue weighted by molar-refractivity contribution is 0.112. The van der Waals surface area contributed by atoms with Crippen molar-refractivity contribution >= 4 is 0 Å². The van der Waals surface area contributed by atoms with E-state index in [1.165, 1.54) is 25.7 Å². The predicted molar refractivity (Wildman–Crippen MR) is 53.9 cm³/mol. The van der Waals surface area contributed by atoms with Crippen LogP contribution in [0.1, 0.15) is 39.5 Å². The molecule has 1 heterocycles. The molecule has 1 fully saturated rings. The lowest BCUT2D eigenvalue weighted by atomic mass is 10.0. The molecule has 2 unspecified atom stereocenters. The zero-order chi connectivity index (χ0) is 9.52. The van der Waals surface area contributed by atoms with Crippen molar-refractivity contribution in [1.29, 1.82) is 0 Å². The van der Waals surface area contributed by atoms with E-state index < -0.39 is 0 Å². The number of rotatable bonds is 8. The monoisotopic (exact) mass is 186 g/mol. The van der Waals surface area contributed by atoms with Crippen LogP contribution in [0.25, 0.3) is 0 Å². The zero-order valence-corrected chi connectivity index (χ0v) is 8.92. The van der Waals surface area contributed by atoms with Gasteiger partial charge < -0.3 is 9.47 Å². The second-order valence-corrected chi connectivity index (χ2v) is 4.04. The quantitative estimate of drug-likeness (QED) is 0.429. The van der Waals surface area contributed by atoms with E-state index >= 15 is 0 Å². The molecule has 0 aliphatic carbocycles. The highest BCUT2D eigenvalue weighted by molar-refractivity contribution is 4.67. The van der Waals surface area contributed by atoms with Gasteiger partial charge in [0.25, 0.3) is 0 Å². The fourth-order valence-electron chi connectivity index (χ4n) is 1.28. The van der Waals surface area contributed by atoms with Gasteiger partial charge in [0.15, 0.2) is 0 Å². The van der Waals surface area contributed by atoms with Crippen LogP contribution in [0.15, 0.2) is 0 Å². The molecule has 0 aromatic carbocycles. The molecule has 1 rings (SSSR count). The fraction of sp³-hybridized carbons (Fsp3) is 1.00. The average Bonchev–Trinajstić information content (AvgIpc) is 2.94. The summed E-state index contributed by atoms with van der Waals surface area (Å²) in [5.41, 5.74) is 0. The summed E-state index contributed by atoms with van der Waals surface area (Å²) in [6, 6.07) is 0. The molecule has 13 heavy (non-hydrogen) atoms. The van der Waals surface area contributed by atoms with E-state index in [0.29, 0.717) is 6.10 Å². The third kappa shape index (κ3) is 6.05. The Balaban J connectivity index is 1.72. The highest BCUT2D eigenvalue weighted by atomic mass is 16.6. The Labute approximate surface area is 81.6 Å². The minimum Gasteiger partial charge on any atom is -0.379 e. The van der Waals surface area contributed by atoms with Gasteiger partial charge in [0.1, 0.15) is 6.10 Å². The van der Waals surface area contributed by atoms with Crippen LogP contribution in [0, 0.1) is 5.92 Å². The van der Waals surface area contributed by atoms with Gasteiger partial charge in [0.05, 0.1) is 13.2 Å². The van der Waals surface area contributed by atoms with Gasteiger partial charge >= 0.3 is 0 Å². The lowest BCUT2D eigenvalue weighted by Gasteiger charge is -2.07. The summed E-state index contributed by atoms with van der Waals surface area (Å²) < 4.78 is 10.5. The van der Waals surface area contributed by atoms with Crippen molar-refractivity contribution in [1.82, 2.24) is 0 Å². The Kier molecular flexibility index (Phi) is 5.40. The Bertz CT molecular complexity index is 121. The van der Waals surface area contributed by atoms with E-state index in [0.717, 1.165) is 25.7 Å². The molecule has 2 atom stereocenters. The van der Waals surface area contributed by atoms with E-state index in [4.69, 9.17) is 9.47 Å². The van der Waals surface area contributed by atoms with Crippen molar-refractivity contribution in [2.24, 2.45) is 5.92 Å². The van der Waals surface area contributed by atoms with Gasteiger partial charge in [-0.05, 0) is 12.3 Å². The topological polar surface area (TPSA) is 21.8 Å². The van der Waals surface area contributed by atoms with Crippen LogP contribution in [0.2, 0.25) is 0 Å². The average molecular weight is 186 g/mol. The van der Waals surface area contributed by atoms with Crippen molar-refractivity contribution in [3.63, 3.8) is 0 Å². The second-order valence-electron chi connectivity index (χ2n) is 4.04. The molecule has 0 amide bonds. The lowest BCUT2D eigenvalue weighted by Crippen LogP contribution is -2.03. The zero-order valence-electron chi connectivity index (χ0n) is 8.92. The molecular formula is C11H22O2. The minimum absolute atomic E-state index is 0.426. The van der Waals surface area contributed by atoms with Crippen LogP contribution in [0.5, 0.6) is 0 Å². The maximum absolute atomic E-state index is 5.45. The molecule has 78 valence electrons. The van der Waals surface area contributed by atoms with Crippen LogP contribution in [0.4, 0.5) is 0 Å². The first-order valence-electron chi connectivity index (χ1n) is 5.52. The molecular weight excluding hydrogens is 164 g/mol. The normalized spacial score (nSPS) is 23.1. The Morgan fingerprint density at radius 3 is 2.85 bits per heavy atom. The Morgan fingerprint density at radius 2 is 2.23 bits per heavy atom. The summed E-state index contributed by atoms with van der Waals surface area (Å²) in [6.45, 7) is 7.21. The number of unbranched alkanes of at least 4 members (excludes halogenated alkanes) is 1. The van der Waals surface area contributed by atoms with Gasteiger partial charge in [-0.2, -0.15) is 0 Å². The summed E-state index contributed by atoms with van der Waals surface area (Å²) in [4.78, 5) is 0. The van der Waals surface area contributed by atoms with Gasteiger partial charge in [-0.25, -0.2) is 0 Å². The van der Waals surface area contributed by atoms with Crippen LogP contribution >= 0.6 is 0 Å². The van der Waals surface area contributed by atoms with Crippen molar-refractivity contribution in [3.05, 3.63) is 0 Å². The number of hydrogen-bond donors (Lipinski definition) is 0. The standard InChI is InChI=1S/C11H22O2/c1-3-10(2)6-4-5-7-12-8-11-9-13-11/h10-11H,3-9H2,1-2H3. The Morgan fingerprint density at radius 1 is 1.46 bits per heavy atom. The predicted octanol–water partition coefficient (Wildman–Crippen LogP) is 2.62. The number of hydrogen-bond acceptors (Lipinski definition) is 2. The van der Waals surface area contributed by atoms with Gasteiger partial charge in [0, 0.05) is 6.61 Å². The molecule has 0 aromatic heterocycles. The number of epoxide rings is 1. The van der Waals surface area contributed by atoms with Gasteiger partial charge in [-0.15, -0.1) is 0 Å². The third-order valence-corrected chi connectivity index (χ3v) is 2.64. The molecule has 0 saturated carbocycles. The summed E-state index contributed by atoms with van der Waals surface area (Å²) in [7, 11) is 0. The van der Waals surface area contributed by atoms with Gasteiger partial charge in [-0.3, -0.25) is 0 Å². The Hall–Kier alpha value is -0.0800. The van der Waals surface area contributed by atoms with Crippen LogP contribution in [0.3, 0.4) is 0 Å². The van der Waals surface area contributed by atoms with Crippen LogP contribution in [-0.2, 0) is 9.47 Å². The van der Waals surface area contributed by atoms with E-state index in [-0.39, 0.29) is 0 Å². The molecule has 0 N–H and O–H groups in total. The van der Waals surface area contributed by atoms with Crippen molar-refractivity contribution < 1.29 is 9.47 Å². The van der Waals surface area contributed by atoms with Crippen LogP contribution < -0.4 is 0 Å². The van der Waals surface area contributed by atoms with Crippen molar-refractivity contribution in [2.75, 3.05) is 19.8 Å². The highest BCUT2D eigenvalue weighted by Crippen LogP contribution is 2.12.